The van der Waals surface area contributed by atoms with E-state index in [0.29, 0.717) is 38.5 Å². The average Bonchev–Trinajstić information content (AvgIpc) is 2.74. The highest BCUT2D eigenvalue weighted by Gasteiger charge is 2.24. The summed E-state index contributed by atoms with van der Waals surface area (Å²) < 4.78 is 5.81. The van der Waals surface area contributed by atoms with Crippen molar-refractivity contribution in [2.75, 3.05) is 65.5 Å². The van der Waals surface area contributed by atoms with Crippen LogP contribution in [0.2, 0.25) is 0 Å². The smallest absolute Gasteiger partial charge is 0.234 e. The van der Waals surface area contributed by atoms with Crippen LogP contribution in [0.3, 0.4) is 0 Å². The lowest BCUT2D eigenvalue weighted by molar-refractivity contribution is -0.132. The summed E-state index contributed by atoms with van der Waals surface area (Å²) in [4.78, 5) is 31.4. The number of morpholine rings is 1. The normalized spacial score (nSPS) is 20.8. The van der Waals surface area contributed by atoms with Gasteiger partial charge < -0.3 is 15.0 Å². The van der Waals surface area contributed by atoms with E-state index in [0.717, 1.165) is 44.9 Å². The van der Waals surface area contributed by atoms with Crippen LogP contribution in [0.5, 0.6) is 0 Å². The number of amides is 2. The summed E-state index contributed by atoms with van der Waals surface area (Å²) in [5.41, 5.74) is 2.25. The van der Waals surface area contributed by atoms with Gasteiger partial charge in [0.05, 0.1) is 25.7 Å². The fourth-order valence-electron chi connectivity index (χ4n) is 4.22. The zero-order valence-corrected chi connectivity index (χ0v) is 19.3. The van der Waals surface area contributed by atoms with Crippen LogP contribution < -0.4 is 5.32 Å². The molecule has 1 N–H and O–H groups in total. The van der Waals surface area contributed by atoms with Crippen molar-refractivity contribution in [2.45, 2.75) is 33.3 Å². The third-order valence-electron chi connectivity index (χ3n) is 5.94. The van der Waals surface area contributed by atoms with E-state index in [1.807, 2.05) is 36.1 Å². The number of nitrogens with one attached hydrogen (secondary N) is 1. The van der Waals surface area contributed by atoms with E-state index >= 15 is 0 Å². The van der Waals surface area contributed by atoms with Gasteiger partial charge in [-0.25, -0.2) is 0 Å². The van der Waals surface area contributed by atoms with Crippen molar-refractivity contribution in [1.82, 2.24) is 20.0 Å². The van der Waals surface area contributed by atoms with Gasteiger partial charge in [0.1, 0.15) is 0 Å². The van der Waals surface area contributed by atoms with Gasteiger partial charge in [0.25, 0.3) is 0 Å². The lowest BCUT2D eigenvalue weighted by atomic mass is 10.1. The summed E-state index contributed by atoms with van der Waals surface area (Å²) in [6.45, 7) is 13.9. The molecular formula is C24H38N4O3. The maximum absolute atomic E-state index is 12.6. The molecule has 0 bridgehead atoms. The Kier molecular flexibility index (Phi) is 8.87. The van der Waals surface area contributed by atoms with E-state index in [2.05, 4.69) is 29.0 Å². The van der Waals surface area contributed by atoms with Crippen LogP contribution in [0.25, 0.3) is 0 Å². The molecule has 0 aliphatic carbocycles. The SMILES string of the molecule is Cc1ccc(CC(=O)N2CCN(CC(=O)NCC3CN(CC(C)C)CCO3)CC2)cc1. The van der Waals surface area contributed by atoms with Gasteiger partial charge in [-0.05, 0) is 18.4 Å². The van der Waals surface area contributed by atoms with Gasteiger partial charge in [0.2, 0.25) is 11.8 Å². The van der Waals surface area contributed by atoms with Crippen LogP contribution in [-0.2, 0) is 20.7 Å². The molecule has 1 atom stereocenters. The molecule has 2 aliphatic rings. The first-order chi connectivity index (χ1) is 14.9. The lowest BCUT2D eigenvalue weighted by Gasteiger charge is -2.35. The fourth-order valence-corrected chi connectivity index (χ4v) is 4.22. The van der Waals surface area contributed by atoms with Crippen LogP contribution in [0.4, 0.5) is 0 Å². The summed E-state index contributed by atoms with van der Waals surface area (Å²) in [5, 5.41) is 3.03. The second kappa shape index (κ2) is 11.6. The van der Waals surface area contributed by atoms with E-state index in [4.69, 9.17) is 4.74 Å². The first kappa shape index (κ1) is 23.7. The van der Waals surface area contributed by atoms with Gasteiger partial charge in [0.15, 0.2) is 0 Å². The lowest BCUT2D eigenvalue weighted by Crippen LogP contribution is -2.52. The molecule has 7 nitrogen and oxygen atoms in total. The molecule has 1 aromatic rings. The van der Waals surface area contributed by atoms with Crippen molar-refractivity contribution in [3.05, 3.63) is 35.4 Å². The molecule has 1 aromatic carbocycles. The Bertz CT molecular complexity index is 714. The minimum Gasteiger partial charge on any atom is -0.374 e. The Morgan fingerprint density at radius 3 is 2.45 bits per heavy atom. The summed E-state index contributed by atoms with van der Waals surface area (Å²) in [7, 11) is 0. The molecule has 2 amide bonds. The molecule has 7 heteroatoms. The highest BCUT2D eigenvalue weighted by atomic mass is 16.5. The van der Waals surface area contributed by atoms with Crippen LogP contribution in [0, 0.1) is 12.8 Å². The van der Waals surface area contributed by atoms with Gasteiger partial charge in [-0.1, -0.05) is 43.7 Å². The van der Waals surface area contributed by atoms with E-state index < -0.39 is 0 Å². The average molecular weight is 431 g/mol. The Labute approximate surface area is 186 Å². The first-order valence-corrected chi connectivity index (χ1v) is 11.6. The largest absolute Gasteiger partial charge is 0.374 e. The van der Waals surface area contributed by atoms with E-state index in [-0.39, 0.29) is 17.9 Å². The fraction of sp³-hybridized carbons (Fsp3) is 0.667. The minimum atomic E-state index is 0.0315. The number of nitrogens with zero attached hydrogens (tertiary/aromatic N) is 3. The van der Waals surface area contributed by atoms with Crippen molar-refractivity contribution in [2.24, 2.45) is 5.92 Å². The number of hydrogen-bond donors (Lipinski definition) is 1. The first-order valence-electron chi connectivity index (χ1n) is 11.6. The highest BCUT2D eigenvalue weighted by molar-refractivity contribution is 5.79. The van der Waals surface area contributed by atoms with Crippen LogP contribution >= 0.6 is 0 Å². The Hall–Kier alpha value is -1.96. The quantitative estimate of drug-likeness (QED) is 0.670. The molecule has 0 spiro atoms. The third-order valence-corrected chi connectivity index (χ3v) is 5.94. The Morgan fingerprint density at radius 2 is 1.77 bits per heavy atom. The van der Waals surface area contributed by atoms with E-state index in [1.54, 1.807) is 0 Å². The summed E-state index contributed by atoms with van der Waals surface area (Å²) in [5.74, 6) is 0.827. The topological polar surface area (TPSA) is 65.1 Å². The second-order valence-electron chi connectivity index (χ2n) is 9.27. The number of ether oxygens (including phenoxy) is 1. The molecule has 1 unspecified atom stereocenters. The van der Waals surface area contributed by atoms with Crippen molar-refractivity contribution >= 4 is 11.8 Å². The second-order valence-corrected chi connectivity index (χ2v) is 9.27. The molecule has 0 aromatic heterocycles. The van der Waals surface area contributed by atoms with Gasteiger partial charge in [-0.2, -0.15) is 0 Å². The van der Waals surface area contributed by atoms with Crippen molar-refractivity contribution in [3.8, 4) is 0 Å². The molecule has 2 saturated heterocycles. The maximum Gasteiger partial charge on any atom is 0.234 e. The highest BCUT2D eigenvalue weighted by Crippen LogP contribution is 2.09. The van der Waals surface area contributed by atoms with Crippen molar-refractivity contribution in [3.63, 3.8) is 0 Å². The van der Waals surface area contributed by atoms with Crippen LogP contribution in [-0.4, -0.2) is 98.1 Å². The molecule has 3 rings (SSSR count). The molecule has 172 valence electrons. The number of carbonyl (C=O) groups excluding carboxylic acids is 2. The van der Waals surface area contributed by atoms with E-state index in [1.165, 1.54) is 5.56 Å². The Morgan fingerprint density at radius 1 is 1.06 bits per heavy atom. The third kappa shape index (κ3) is 7.91. The maximum atomic E-state index is 12.6. The van der Waals surface area contributed by atoms with Gasteiger partial charge in [0, 0.05) is 52.4 Å². The molecule has 31 heavy (non-hydrogen) atoms. The number of aryl methyl sites for hydroxylation is 1. The number of carbonyl (C=O) groups is 2. The van der Waals surface area contributed by atoms with Crippen LogP contribution in [0.15, 0.2) is 24.3 Å². The van der Waals surface area contributed by atoms with Gasteiger partial charge in [-0.15, -0.1) is 0 Å². The van der Waals surface area contributed by atoms with Crippen molar-refractivity contribution < 1.29 is 14.3 Å². The Balaban J connectivity index is 1.33. The standard InChI is InChI=1S/C24H38N4O3/c1-19(2)16-27-12-13-31-22(17-27)15-25-23(29)18-26-8-10-28(11-9-26)24(30)14-21-6-4-20(3)5-7-21/h4-7,19,22H,8-18H2,1-3H3,(H,25,29). The van der Waals surface area contributed by atoms with Gasteiger partial charge in [-0.3, -0.25) is 19.4 Å². The summed E-state index contributed by atoms with van der Waals surface area (Å²) in [6.07, 6.45) is 0.503. The van der Waals surface area contributed by atoms with E-state index in [9.17, 15) is 9.59 Å². The predicted molar refractivity (Wildman–Crippen MR) is 122 cm³/mol. The monoisotopic (exact) mass is 430 g/mol. The molecule has 2 fully saturated rings. The molecule has 0 radical (unpaired) electrons. The van der Waals surface area contributed by atoms with Crippen molar-refractivity contribution in [1.29, 1.82) is 0 Å². The number of rotatable bonds is 8. The number of hydrogen-bond acceptors (Lipinski definition) is 5. The number of piperazine rings is 1. The molecule has 0 saturated carbocycles. The summed E-state index contributed by atoms with van der Waals surface area (Å²) >= 11 is 0. The number of benzene rings is 1. The predicted octanol–water partition coefficient (Wildman–Crippen LogP) is 1.15. The van der Waals surface area contributed by atoms with Crippen LogP contribution in [0.1, 0.15) is 25.0 Å². The van der Waals surface area contributed by atoms with Gasteiger partial charge >= 0.3 is 0 Å². The summed E-state index contributed by atoms with van der Waals surface area (Å²) in [6, 6.07) is 8.12. The molecule has 2 heterocycles. The zero-order valence-electron chi connectivity index (χ0n) is 19.3. The molecular weight excluding hydrogens is 392 g/mol. The minimum absolute atomic E-state index is 0.0315. The molecule has 2 aliphatic heterocycles. The zero-order chi connectivity index (χ0) is 22.2.